The molecule has 0 aliphatic carbocycles. The molecule has 2 rings (SSSR count). The van der Waals surface area contributed by atoms with Crippen molar-refractivity contribution in [2.75, 3.05) is 0 Å². The molecule has 0 spiro atoms. The topological polar surface area (TPSA) is 20.2 Å². The van der Waals surface area contributed by atoms with Crippen molar-refractivity contribution in [3.8, 4) is 5.75 Å². The van der Waals surface area contributed by atoms with Crippen LogP contribution in [0.15, 0.2) is 42.5 Å². The Hall–Kier alpha value is -1.76. The molecule has 0 atom stereocenters. The number of rotatable bonds is 7. The van der Waals surface area contributed by atoms with E-state index in [2.05, 4.69) is 70.2 Å². The van der Waals surface area contributed by atoms with Gasteiger partial charge in [-0.15, -0.1) is 0 Å². The van der Waals surface area contributed by atoms with Crippen LogP contribution in [0.5, 0.6) is 5.75 Å². The third kappa shape index (κ3) is 3.96. The van der Waals surface area contributed by atoms with Crippen LogP contribution in [0.25, 0.3) is 0 Å². The minimum absolute atomic E-state index is 0.0571. The lowest BCUT2D eigenvalue weighted by molar-refractivity contribution is 0.458. The van der Waals surface area contributed by atoms with Gasteiger partial charge in [0.2, 0.25) is 0 Å². The lowest BCUT2D eigenvalue weighted by Crippen LogP contribution is -2.19. The zero-order valence-electron chi connectivity index (χ0n) is 15.0. The van der Waals surface area contributed by atoms with E-state index < -0.39 is 0 Å². The summed E-state index contributed by atoms with van der Waals surface area (Å²) in [6.07, 6.45) is 5.21. The molecule has 0 aromatic heterocycles. The predicted molar refractivity (Wildman–Crippen MR) is 99.3 cm³/mol. The van der Waals surface area contributed by atoms with Crippen LogP contribution in [0.1, 0.15) is 69.2 Å². The van der Waals surface area contributed by atoms with Gasteiger partial charge < -0.3 is 5.11 Å². The molecule has 124 valence electrons. The lowest BCUT2D eigenvalue weighted by Gasteiger charge is -2.28. The Balaban J connectivity index is 2.50. The van der Waals surface area contributed by atoms with Crippen LogP contribution in [0.2, 0.25) is 0 Å². The summed E-state index contributed by atoms with van der Waals surface area (Å²) in [6.45, 7) is 8.91. The highest BCUT2D eigenvalue weighted by atomic mass is 16.3. The molecule has 0 heterocycles. The van der Waals surface area contributed by atoms with Crippen molar-refractivity contribution in [3.63, 3.8) is 0 Å². The summed E-state index contributed by atoms with van der Waals surface area (Å²) in [5.41, 5.74) is 4.76. The number of phenols is 1. The predicted octanol–water partition coefficient (Wildman–Crippen LogP) is 6.01. The normalized spacial score (nSPS) is 11.7. The number of aromatic hydroxyl groups is 1. The third-order valence-corrected chi connectivity index (χ3v) is 4.80. The largest absolute Gasteiger partial charge is 0.507 e. The Morgan fingerprint density at radius 1 is 0.826 bits per heavy atom. The van der Waals surface area contributed by atoms with Gasteiger partial charge in [-0.05, 0) is 41.5 Å². The van der Waals surface area contributed by atoms with Crippen LogP contribution in [-0.2, 0) is 18.3 Å². The standard InChI is InChI=1S/C22H30O/c1-5-7-12-18-16-20(15-17(11-6-2)21(18)23)22(3,4)19-13-9-8-10-14-19/h8-10,13-16,23H,5-7,11-12H2,1-4H3. The second-order valence-corrected chi connectivity index (χ2v) is 6.99. The minimum atomic E-state index is -0.0571. The third-order valence-electron chi connectivity index (χ3n) is 4.80. The zero-order valence-corrected chi connectivity index (χ0v) is 15.0. The first-order valence-electron chi connectivity index (χ1n) is 8.91. The van der Waals surface area contributed by atoms with Gasteiger partial charge in [-0.3, -0.25) is 0 Å². The van der Waals surface area contributed by atoms with Crippen LogP contribution in [0.3, 0.4) is 0 Å². The highest BCUT2D eigenvalue weighted by Gasteiger charge is 2.25. The van der Waals surface area contributed by atoms with Crippen LogP contribution in [0.4, 0.5) is 0 Å². The van der Waals surface area contributed by atoms with Crippen LogP contribution in [0, 0.1) is 0 Å². The highest BCUT2D eigenvalue weighted by Crippen LogP contribution is 2.36. The Kier molecular flexibility index (Phi) is 5.87. The van der Waals surface area contributed by atoms with Crippen molar-refractivity contribution in [2.24, 2.45) is 0 Å². The average Bonchev–Trinajstić information content (AvgIpc) is 2.56. The lowest BCUT2D eigenvalue weighted by atomic mass is 9.76. The van der Waals surface area contributed by atoms with Gasteiger partial charge in [0.1, 0.15) is 5.75 Å². The number of benzene rings is 2. The number of phenolic OH excluding ortho intramolecular Hbond substituents is 1. The number of unbranched alkanes of at least 4 members (excludes halogenated alkanes) is 1. The van der Waals surface area contributed by atoms with Gasteiger partial charge in [0.05, 0.1) is 0 Å². The molecule has 23 heavy (non-hydrogen) atoms. The second kappa shape index (κ2) is 7.68. The van der Waals surface area contributed by atoms with Gasteiger partial charge in [-0.2, -0.15) is 0 Å². The Morgan fingerprint density at radius 2 is 1.43 bits per heavy atom. The molecule has 0 bridgehead atoms. The molecule has 2 aromatic rings. The summed E-state index contributed by atoms with van der Waals surface area (Å²) < 4.78 is 0. The van der Waals surface area contributed by atoms with Gasteiger partial charge in [0, 0.05) is 5.41 Å². The Labute approximate surface area is 141 Å². The van der Waals surface area contributed by atoms with Crippen LogP contribution in [-0.4, -0.2) is 5.11 Å². The van der Waals surface area contributed by atoms with Gasteiger partial charge in [0.15, 0.2) is 0 Å². The number of hydrogen-bond donors (Lipinski definition) is 1. The van der Waals surface area contributed by atoms with Crippen molar-refractivity contribution < 1.29 is 5.11 Å². The second-order valence-electron chi connectivity index (χ2n) is 6.99. The SMILES string of the molecule is CCCCc1cc(C(C)(C)c2ccccc2)cc(CCC)c1O. The first-order chi connectivity index (χ1) is 11.0. The Morgan fingerprint density at radius 3 is 2.00 bits per heavy atom. The summed E-state index contributed by atoms with van der Waals surface area (Å²) in [5, 5.41) is 10.6. The summed E-state index contributed by atoms with van der Waals surface area (Å²) >= 11 is 0. The van der Waals surface area contributed by atoms with E-state index in [1.165, 1.54) is 11.1 Å². The van der Waals surface area contributed by atoms with Crippen molar-refractivity contribution >= 4 is 0 Å². The summed E-state index contributed by atoms with van der Waals surface area (Å²) in [7, 11) is 0. The molecule has 0 aliphatic heterocycles. The maximum absolute atomic E-state index is 10.6. The molecule has 0 amide bonds. The molecule has 0 unspecified atom stereocenters. The summed E-state index contributed by atoms with van der Waals surface area (Å²) in [6, 6.07) is 15.1. The van der Waals surface area contributed by atoms with E-state index in [1.807, 2.05) is 0 Å². The van der Waals surface area contributed by atoms with Gasteiger partial charge in [-0.1, -0.05) is 83.0 Å². The quantitative estimate of drug-likeness (QED) is 0.663. The maximum atomic E-state index is 10.6. The molecular weight excluding hydrogens is 280 g/mol. The fraction of sp³-hybridized carbons (Fsp3) is 0.455. The monoisotopic (exact) mass is 310 g/mol. The molecule has 0 saturated heterocycles. The van der Waals surface area contributed by atoms with Crippen LogP contribution >= 0.6 is 0 Å². The summed E-state index contributed by atoms with van der Waals surface area (Å²) in [4.78, 5) is 0. The van der Waals surface area contributed by atoms with E-state index in [0.29, 0.717) is 5.75 Å². The first kappa shape index (κ1) is 17.6. The van der Waals surface area contributed by atoms with E-state index >= 15 is 0 Å². The smallest absolute Gasteiger partial charge is 0.121 e. The number of aryl methyl sites for hydroxylation is 2. The fourth-order valence-corrected chi connectivity index (χ4v) is 3.16. The maximum Gasteiger partial charge on any atom is 0.121 e. The van der Waals surface area contributed by atoms with Gasteiger partial charge >= 0.3 is 0 Å². The molecule has 1 N–H and O–H groups in total. The van der Waals surface area contributed by atoms with Gasteiger partial charge in [0.25, 0.3) is 0 Å². The molecule has 1 nitrogen and oxygen atoms in total. The molecule has 1 heteroatoms. The molecular formula is C22H30O. The van der Waals surface area contributed by atoms with E-state index in [4.69, 9.17) is 0 Å². The number of hydrogen-bond acceptors (Lipinski definition) is 1. The minimum Gasteiger partial charge on any atom is -0.507 e. The molecule has 0 saturated carbocycles. The average molecular weight is 310 g/mol. The van der Waals surface area contributed by atoms with Crippen molar-refractivity contribution in [3.05, 3.63) is 64.7 Å². The van der Waals surface area contributed by atoms with E-state index in [-0.39, 0.29) is 5.41 Å². The van der Waals surface area contributed by atoms with Crippen molar-refractivity contribution in [1.29, 1.82) is 0 Å². The van der Waals surface area contributed by atoms with E-state index in [0.717, 1.165) is 43.2 Å². The highest BCUT2D eigenvalue weighted by molar-refractivity contribution is 5.49. The zero-order chi connectivity index (χ0) is 16.9. The van der Waals surface area contributed by atoms with E-state index in [1.54, 1.807) is 0 Å². The molecule has 0 aliphatic rings. The van der Waals surface area contributed by atoms with E-state index in [9.17, 15) is 5.11 Å². The van der Waals surface area contributed by atoms with Gasteiger partial charge in [-0.25, -0.2) is 0 Å². The fourth-order valence-electron chi connectivity index (χ4n) is 3.16. The molecule has 0 fully saturated rings. The Bertz CT molecular complexity index is 626. The molecule has 2 aromatic carbocycles. The molecule has 0 radical (unpaired) electrons. The first-order valence-corrected chi connectivity index (χ1v) is 8.91. The van der Waals surface area contributed by atoms with Crippen molar-refractivity contribution in [1.82, 2.24) is 0 Å². The summed E-state index contributed by atoms with van der Waals surface area (Å²) in [5.74, 6) is 0.521. The van der Waals surface area contributed by atoms with Crippen LogP contribution < -0.4 is 0 Å². The van der Waals surface area contributed by atoms with Crippen molar-refractivity contribution in [2.45, 2.75) is 65.2 Å².